The number of nitrogens with zero attached hydrogens (tertiary/aromatic N) is 2. The van der Waals surface area contributed by atoms with Crippen LogP contribution in [0.1, 0.15) is 41.8 Å². The largest absolute Gasteiger partial charge is 0.491 e. The van der Waals surface area contributed by atoms with Crippen molar-refractivity contribution in [2.75, 3.05) is 46.5 Å². The quantitative estimate of drug-likeness (QED) is 0.524. The first kappa shape index (κ1) is 24.7. The average molecular weight is 461 g/mol. The summed E-state index contributed by atoms with van der Waals surface area (Å²) in [5.41, 5.74) is 2.38. The van der Waals surface area contributed by atoms with Gasteiger partial charge in [-0.3, -0.25) is 9.69 Å². The zero-order valence-electron chi connectivity index (χ0n) is 19.5. The molecule has 0 saturated heterocycles. The van der Waals surface area contributed by atoms with Crippen LogP contribution in [0.4, 0.5) is 0 Å². The standard InChI is InChI=1S/C25H36N2O4S/c1-4-5-20(28)16-26(13-14-30-3)17-25(29)27-12-10-24-22(11-15-32-24)23(27)18-31-21-8-6-19(2)7-9-21/h6-9,11,15,20,23,28H,4-5,10,12-14,16-18H2,1-3H3. The first-order valence-corrected chi connectivity index (χ1v) is 12.3. The summed E-state index contributed by atoms with van der Waals surface area (Å²) in [6.07, 6.45) is 2.08. The van der Waals surface area contributed by atoms with Gasteiger partial charge in [0, 0.05) is 31.6 Å². The van der Waals surface area contributed by atoms with Crippen molar-refractivity contribution in [2.24, 2.45) is 0 Å². The molecule has 1 N–H and O–H groups in total. The number of aliphatic hydroxyl groups excluding tert-OH is 1. The smallest absolute Gasteiger partial charge is 0.237 e. The Labute approximate surface area is 195 Å². The molecular formula is C25H36N2O4S. The second kappa shape index (κ2) is 12.3. The number of fused-ring (bicyclic) bond motifs is 1. The minimum atomic E-state index is -0.435. The molecule has 2 atom stereocenters. The lowest BCUT2D eigenvalue weighted by Gasteiger charge is -2.37. The number of rotatable bonds is 12. The van der Waals surface area contributed by atoms with Gasteiger partial charge in [0.25, 0.3) is 0 Å². The third-order valence-corrected chi connectivity index (χ3v) is 6.90. The van der Waals surface area contributed by atoms with Gasteiger partial charge in [0.05, 0.1) is 25.3 Å². The maximum Gasteiger partial charge on any atom is 0.237 e. The van der Waals surface area contributed by atoms with Crippen LogP contribution in [0, 0.1) is 6.92 Å². The summed E-state index contributed by atoms with van der Waals surface area (Å²) in [5, 5.41) is 12.4. The maximum absolute atomic E-state index is 13.4. The highest BCUT2D eigenvalue weighted by atomic mass is 32.1. The van der Waals surface area contributed by atoms with Crippen LogP contribution >= 0.6 is 11.3 Å². The molecule has 2 aromatic rings. The van der Waals surface area contributed by atoms with Crippen molar-refractivity contribution in [1.82, 2.24) is 9.80 Å². The number of hydrogen-bond acceptors (Lipinski definition) is 6. The zero-order chi connectivity index (χ0) is 22.9. The molecular weight excluding hydrogens is 424 g/mol. The van der Waals surface area contributed by atoms with Crippen LogP contribution in [0.15, 0.2) is 35.7 Å². The van der Waals surface area contributed by atoms with Crippen molar-refractivity contribution in [1.29, 1.82) is 0 Å². The number of benzene rings is 1. The van der Waals surface area contributed by atoms with Gasteiger partial charge in [-0.25, -0.2) is 0 Å². The van der Waals surface area contributed by atoms with Gasteiger partial charge < -0.3 is 19.5 Å². The number of methoxy groups -OCH3 is 1. The molecule has 0 fully saturated rings. The molecule has 32 heavy (non-hydrogen) atoms. The van der Waals surface area contributed by atoms with E-state index in [4.69, 9.17) is 9.47 Å². The molecule has 2 unspecified atom stereocenters. The Bertz CT molecular complexity index is 839. The fraction of sp³-hybridized carbons (Fsp3) is 0.560. The van der Waals surface area contributed by atoms with Gasteiger partial charge in [-0.15, -0.1) is 11.3 Å². The summed E-state index contributed by atoms with van der Waals surface area (Å²) in [5.74, 6) is 0.883. The van der Waals surface area contributed by atoms with Crippen molar-refractivity contribution in [3.05, 3.63) is 51.7 Å². The van der Waals surface area contributed by atoms with Crippen LogP contribution in [-0.4, -0.2) is 73.4 Å². The Morgan fingerprint density at radius 2 is 2.09 bits per heavy atom. The van der Waals surface area contributed by atoms with Crippen LogP contribution in [0.5, 0.6) is 5.75 Å². The third-order valence-electron chi connectivity index (χ3n) is 5.91. The average Bonchev–Trinajstić information content (AvgIpc) is 3.26. The van der Waals surface area contributed by atoms with Gasteiger partial charge in [-0.2, -0.15) is 0 Å². The third kappa shape index (κ3) is 6.78. The topological polar surface area (TPSA) is 62.2 Å². The molecule has 0 spiro atoms. The SMILES string of the molecule is CCCC(O)CN(CCOC)CC(=O)N1CCc2sccc2C1COc1ccc(C)cc1. The second-order valence-electron chi connectivity index (χ2n) is 8.45. The van der Waals surface area contributed by atoms with E-state index in [1.54, 1.807) is 18.4 Å². The summed E-state index contributed by atoms with van der Waals surface area (Å²) in [6.45, 7) is 7.11. The Hall–Kier alpha value is -1.93. The molecule has 1 aliphatic rings. The lowest BCUT2D eigenvalue weighted by molar-refractivity contribution is -0.136. The molecule has 6 nitrogen and oxygen atoms in total. The Balaban J connectivity index is 1.70. The predicted octanol–water partition coefficient (Wildman–Crippen LogP) is 3.67. The minimum Gasteiger partial charge on any atom is -0.491 e. The highest BCUT2D eigenvalue weighted by Crippen LogP contribution is 2.34. The lowest BCUT2D eigenvalue weighted by atomic mass is 10.0. The molecule has 0 bridgehead atoms. The van der Waals surface area contributed by atoms with Gasteiger partial charge in [-0.1, -0.05) is 31.0 Å². The molecule has 1 amide bonds. The van der Waals surface area contributed by atoms with Crippen molar-refractivity contribution in [2.45, 2.75) is 45.3 Å². The van der Waals surface area contributed by atoms with Crippen LogP contribution in [0.3, 0.4) is 0 Å². The lowest BCUT2D eigenvalue weighted by Crippen LogP contribution is -2.48. The fourth-order valence-corrected chi connectivity index (χ4v) is 5.07. The Kier molecular flexibility index (Phi) is 9.53. The van der Waals surface area contributed by atoms with Crippen molar-refractivity contribution in [3.63, 3.8) is 0 Å². The van der Waals surface area contributed by atoms with Gasteiger partial charge in [0.15, 0.2) is 0 Å². The van der Waals surface area contributed by atoms with Crippen LogP contribution < -0.4 is 4.74 Å². The van der Waals surface area contributed by atoms with E-state index in [-0.39, 0.29) is 18.5 Å². The van der Waals surface area contributed by atoms with Crippen molar-refractivity contribution < 1.29 is 19.4 Å². The summed E-state index contributed by atoms with van der Waals surface area (Å²) >= 11 is 1.75. The van der Waals surface area contributed by atoms with E-state index in [9.17, 15) is 9.90 Å². The van der Waals surface area contributed by atoms with Gasteiger partial charge in [-0.05, 0) is 48.9 Å². The van der Waals surface area contributed by atoms with Crippen LogP contribution in [0.25, 0.3) is 0 Å². The van der Waals surface area contributed by atoms with E-state index < -0.39 is 6.10 Å². The number of aliphatic hydroxyl groups is 1. The number of aryl methyl sites for hydroxylation is 1. The van der Waals surface area contributed by atoms with Crippen LogP contribution in [-0.2, 0) is 16.0 Å². The van der Waals surface area contributed by atoms with Crippen LogP contribution in [0.2, 0.25) is 0 Å². The number of thiophene rings is 1. The summed E-state index contributed by atoms with van der Waals surface area (Å²) < 4.78 is 11.3. The monoisotopic (exact) mass is 460 g/mol. The Morgan fingerprint density at radius 3 is 2.81 bits per heavy atom. The molecule has 0 radical (unpaired) electrons. The molecule has 3 rings (SSSR count). The Morgan fingerprint density at radius 1 is 1.31 bits per heavy atom. The van der Waals surface area contributed by atoms with E-state index in [1.807, 2.05) is 34.1 Å². The highest BCUT2D eigenvalue weighted by Gasteiger charge is 2.33. The molecule has 1 aliphatic heterocycles. The first-order valence-electron chi connectivity index (χ1n) is 11.5. The van der Waals surface area contributed by atoms with E-state index in [0.717, 1.165) is 25.0 Å². The summed E-state index contributed by atoms with van der Waals surface area (Å²) in [7, 11) is 1.66. The van der Waals surface area contributed by atoms with E-state index in [0.29, 0.717) is 32.8 Å². The van der Waals surface area contributed by atoms with Gasteiger partial charge >= 0.3 is 0 Å². The van der Waals surface area contributed by atoms with Gasteiger partial charge in [0.1, 0.15) is 12.4 Å². The molecule has 2 heterocycles. The minimum absolute atomic E-state index is 0.0687. The molecule has 1 aromatic carbocycles. The zero-order valence-corrected chi connectivity index (χ0v) is 20.3. The fourth-order valence-electron chi connectivity index (χ4n) is 4.14. The van der Waals surface area contributed by atoms with Crippen molar-refractivity contribution >= 4 is 17.2 Å². The van der Waals surface area contributed by atoms with Crippen molar-refractivity contribution in [3.8, 4) is 5.75 Å². The summed E-state index contributed by atoms with van der Waals surface area (Å²) in [4.78, 5) is 18.7. The molecule has 7 heteroatoms. The number of ether oxygens (including phenoxy) is 2. The number of carbonyl (C=O) groups excluding carboxylic acids is 1. The molecule has 1 aromatic heterocycles. The molecule has 0 aliphatic carbocycles. The van der Waals surface area contributed by atoms with E-state index in [2.05, 4.69) is 25.3 Å². The molecule has 0 saturated carbocycles. The summed E-state index contributed by atoms with van der Waals surface area (Å²) in [6, 6.07) is 10.0. The maximum atomic E-state index is 13.4. The van der Waals surface area contributed by atoms with Gasteiger partial charge in [0.2, 0.25) is 5.91 Å². The molecule has 176 valence electrons. The first-order chi connectivity index (χ1) is 15.5. The normalized spacial score (nSPS) is 16.8. The number of hydrogen-bond donors (Lipinski definition) is 1. The van der Waals surface area contributed by atoms with E-state index in [1.165, 1.54) is 16.0 Å². The highest BCUT2D eigenvalue weighted by molar-refractivity contribution is 7.10. The number of carbonyl (C=O) groups is 1. The second-order valence-corrected chi connectivity index (χ2v) is 9.45. The predicted molar refractivity (Wildman–Crippen MR) is 128 cm³/mol. The van der Waals surface area contributed by atoms with E-state index >= 15 is 0 Å². The number of amides is 1.